The molecule has 0 saturated heterocycles. The van der Waals surface area contributed by atoms with Crippen LogP contribution in [0.1, 0.15) is 17.2 Å². The van der Waals surface area contributed by atoms with Crippen LogP contribution in [0.5, 0.6) is 0 Å². The Morgan fingerprint density at radius 3 is 2.47 bits per heavy atom. The number of esters is 1. The van der Waals surface area contributed by atoms with Crippen LogP contribution in [0.25, 0.3) is 21.9 Å². The number of hydrogen-bond donors (Lipinski definition) is 0. The molecule has 1 aromatic heterocycles. The lowest BCUT2D eigenvalue weighted by Crippen LogP contribution is -2.34. The van der Waals surface area contributed by atoms with E-state index in [1.165, 1.54) is 17.9 Å². The smallest absolute Gasteiger partial charge is 0.329 e. The van der Waals surface area contributed by atoms with Crippen LogP contribution < -0.4 is 10.5 Å². The van der Waals surface area contributed by atoms with Gasteiger partial charge in [0.2, 0.25) is 0 Å². The molecule has 172 valence electrons. The van der Waals surface area contributed by atoms with Crippen molar-refractivity contribution >= 4 is 34.2 Å². The number of methoxy groups -OCH3 is 1. The molecular weight excluding hydrogens is 444 g/mol. The zero-order chi connectivity index (χ0) is 23.8. The third-order valence-electron chi connectivity index (χ3n) is 6.36. The molecule has 1 atom stereocenters. The topological polar surface area (TPSA) is 51.5 Å². The number of benzene rings is 3. The zero-order valence-corrected chi connectivity index (χ0v) is 20.3. The molecule has 0 bridgehead atoms. The van der Waals surface area contributed by atoms with E-state index in [4.69, 9.17) is 4.74 Å². The summed E-state index contributed by atoms with van der Waals surface area (Å²) in [6.07, 6.45) is 0.603. The monoisotopic (exact) mass is 470 g/mol. The van der Waals surface area contributed by atoms with Crippen LogP contribution in [0.2, 0.25) is 0 Å². The molecular formula is C28H26N2O3S. The summed E-state index contributed by atoms with van der Waals surface area (Å²) in [5.74, 6) is 0.0886. The van der Waals surface area contributed by atoms with E-state index in [1.54, 1.807) is 16.3 Å². The molecule has 2 heterocycles. The first-order valence-electron chi connectivity index (χ1n) is 11.2. The number of hydrogen-bond acceptors (Lipinski definition) is 5. The molecule has 4 aromatic rings. The van der Waals surface area contributed by atoms with Crippen molar-refractivity contribution < 1.29 is 9.53 Å². The van der Waals surface area contributed by atoms with Gasteiger partial charge in [-0.3, -0.25) is 9.36 Å². The lowest BCUT2D eigenvalue weighted by molar-refractivity contribution is -0.143. The summed E-state index contributed by atoms with van der Waals surface area (Å²) < 4.78 is 6.68. The lowest BCUT2D eigenvalue weighted by Gasteiger charge is -2.25. The van der Waals surface area contributed by atoms with Gasteiger partial charge in [0.15, 0.2) is 0 Å². The summed E-state index contributed by atoms with van der Waals surface area (Å²) in [6.45, 7) is 0. The van der Waals surface area contributed by atoms with Gasteiger partial charge in [-0.1, -0.05) is 72.8 Å². The quantitative estimate of drug-likeness (QED) is 0.378. The maximum absolute atomic E-state index is 13.9. The summed E-state index contributed by atoms with van der Waals surface area (Å²) in [6, 6.07) is 24.1. The molecule has 0 fully saturated rings. The van der Waals surface area contributed by atoms with Gasteiger partial charge in [0.25, 0.3) is 5.56 Å². The van der Waals surface area contributed by atoms with Gasteiger partial charge in [-0.15, -0.1) is 11.8 Å². The van der Waals surface area contributed by atoms with E-state index < -0.39 is 6.04 Å². The highest BCUT2D eigenvalue weighted by atomic mass is 32.2. The predicted octanol–water partition coefficient (Wildman–Crippen LogP) is 5.15. The normalized spacial score (nSPS) is 14.7. The molecule has 0 aliphatic carbocycles. The van der Waals surface area contributed by atoms with Crippen molar-refractivity contribution in [3.05, 3.63) is 94.3 Å². The number of carbonyl (C=O) groups is 1. The van der Waals surface area contributed by atoms with Gasteiger partial charge in [0.1, 0.15) is 11.7 Å². The first kappa shape index (κ1) is 22.3. The highest BCUT2D eigenvalue weighted by Gasteiger charge is 2.36. The van der Waals surface area contributed by atoms with Crippen LogP contribution in [0.3, 0.4) is 0 Å². The Bertz CT molecular complexity index is 1440. The SMILES string of the molecule is COC(=O)C1CSc2c(-c3ccccc3)c(Cc3cccc4ccccc34)c(N(C)C)c(=O)n21. The number of rotatable bonds is 5. The summed E-state index contributed by atoms with van der Waals surface area (Å²) in [7, 11) is 5.15. The van der Waals surface area contributed by atoms with Gasteiger partial charge >= 0.3 is 5.97 Å². The Morgan fingerprint density at radius 2 is 1.74 bits per heavy atom. The third kappa shape index (κ3) is 3.68. The molecule has 0 spiro atoms. The largest absolute Gasteiger partial charge is 0.467 e. The number of thioether (sulfide) groups is 1. The average molecular weight is 471 g/mol. The van der Waals surface area contributed by atoms with Crippen molar-refractivity contribution in [1.29, 1.82) is 0 Å². The van der Waals surface area contributed by atoms with Gasteiger partial charge in [0, 0.05) is 31.8 Å². The predicted molar refractivity (Wildman–Crippen MR) is 139 cm³/mol. The summed E-state index contributed by atoms with van der Waals surface area (Å²) in [5, 5.41) is 3.17. The molecule has 5 rings (SSSR count). The van der Waals surface area contributed by atoms with Gasteiger partial charge < -0.3 is 9.64 Å². The number of anilines is 1. The first-order valence-corrected chi connectivity index (χ1v) is 12.2. The zero-order valence-electron chi connectivity index (χ0n) is 19.4. The van der Waals surface area contributed by atoms with E-state index in [0.717, 1.165) is 27.3 Å². The minimum atomic E-state index is -0.634. The number of ether oxygens (including phenoxy) is 1. The number of fused-ring (bicyclic) bond motifs is 2. The summed E-state index contributed by atoms with van der Waals surface area (Å²) >= 11 is 1.55. The second-order valence-corrected chi connectivity index (χ2v) is 9.62. The highest BCUT2D eigenvalue weighted by Crippen LogP contribution is 2.44. The number of nitrogens with zero attached hydrogens (tertiary/aromatic N) is 2. The second kappa shape index (κ2) is 9.03. The van der Waals surface area contributed by atoms with E-state index in [2.05, 4.69) is 42.5 Å². The maximum Gasteiger partial charge on any atom is 0.329 e. The van der Waals surface area contributed by atoms with Crippen molar-refractivity contribution in [1.82, 2.24) is 4.57 Å². The van der Waals surface area contributed by atoms with E-state index in [9.17, 15) is 9.59 Å². The van der Waals surface area contributed by atoms with Crippen LogP contribution in [0.4, 0.5) is 5.69 Å². The Balaban J connectivity index is 1.83. The van der Waals surface area contributed by atoms with E-state index in [1.807, 2.05) is 49.3 Å². The molecule has 1 unspecified atom stereocenters. The molecule has 0 N–H and O–H groups in total. The maximum atomic E-state index is 13.9. The summed E-state index contributed by atoms with van der Waals surface area (Å²) in [5.41, 5.74) is 4.62. The molecule has 1 aliphatic heterocycles. The van der Waals surface area contributed by atoms with Gasteiger partial charge in [-0.2, -0.15) is 0 Å². The molecule has 0 saturated carbocycles. The third-order valence-corrected chi connectivity index (χ3v) is 7.52. The Hall–Kier alpha value is -3.51. The van der Waals surface area contributed by atoms with Crippen molar-refractivity contribution in [3.8, 4) is 11.1 Å². The average Bonchev–Trinajstić information content (AvgIpc) is 3.29. The lowest BCUT2D eigenvalue weighted by atomic mass is 9.92. The fourth-order valence-corrected chi connectivity index (χ4v) is 6.18. The number of pyridine rings is 1. The van der Waals surface area contributed by atoms with Crippen molar-refractivity contribution in [2.24, 2.45) is 0 Å². The molecule has 3 aromatic carbocycles. The van der Waals surface area contributed by atoms with Crippen molar-refractivity contribution in [3.63, 3.8) is 0 Å². The molecule has 0 amide bonds. The Morgan fingerprint density at radius 1 is 1.03 bits per heavy atom. The van der Waals surface area contributed by atoms with Gasteiger partial charge in [0.05, 0.1) is 12.1 Å². The van der Waals surface area contributed by atoms with E-state index in [-0.39, 0.29) is 11.5 Å². The second-order valence-electron chi connectivity index (χ2n) is 8.61. The minimum absolute atomic E-state index is 0.157. The van der Waals surface area contributed by atoms with Crippen LogP contribution in [0, 0.1) is 0 Å². The molecule has 0 radical (unpaired) electrons. The van der Waals surface area contributed by atoms with E-state index in [0.29, 0.717) is 17.9 Å². The van der Waals surface area contributed by atoms with Crippen LogP contribution in [-0.4, -0.2) is 37.5 Å². The highest BCUT2D eigenvalue weighted by molar-refractivity contribution is 7.99. The van der Waals surface area contributed by atoms with Crippen LogP contribution in [0.15, 0.2) is 82.6 Å². The Kier molecular flexibility index (Phi) is 5.92. The molecule has 1 aliphatic rings. The number of carbonyl (C=O) groups excluding carboxylic acids is 1. The van der Waals surface area contributed by atoms with Crippen LogP contribution >= 0.6 is 11.8 Å². The molecule has 5 nitrogen and oxygen atoms in total. The standard InChI is InChI=1S/C28H26N2O3S/c1-29(2)25-22(16-20-14-9-13-18-10-7-8-15-21(18)20)24(19-11-5-4-6-12-19)27-30(26(25)31)23(17-34-27)28(32)33-3/h4-15,23H,16-17H2,1-3H3. The fourth-order valence-electron chi connectivity index (χ4n) is 4.84. The Labute approximate surface area is 203 Å². The fraction of sp³-hybridized carbons (Fsp3) is 0.214. The minimum Gasteiger partial charge on any atom is -0.467 e. The summed E-state index contributed by atoms with van der Waals surface area (Å²) in [4.78, 5) is 28.3. The van der Waals surface area contributed by atoms with E-state index >= 15 is 0 Å². The van der Waals surface area contributed by atoms with Gasteiger partial charge in [-0.05, 0) is 27.5 Å². The van der Waals surface area contributed by atoms with Crippen molar-refractivity contribution in [2.75, 3.05) is 31.9 Å². The van der Waals surface area contributed by atoms with Gasteiger partial charge in [-0.25, -0.2) is 4.79 Å². The number of aromatic nitrogens is 1. The van der Waals surface area contributed by atoms with Crippen LogP contribution in [-0.2, 0) is 16.0 Å². The molecule has 6 heteroatoms. The molecule has 34 heavy (non-hydrogen) atoms. The first-order chi connectivity index (χ1) is 16.5. The van der Waals surface area contributed by atoms with Crippen molar-refractivity contribution in [2.45, 2.75) is 17.5 Å².